The molecule has 7 heteroatoms. The number of rotatable bonds is 5. The third kappa shape index (κ3) is 4.09. The number of hydrogen-bond donors (Lipinski definition) is 1. The van der Waals surface area contributed by atoms with Crippen molar-refractivity contribution in [3.63, 3.8) is 0 Å². The average Bonchev–Trinajstić information content (AvgIpc) is 2.56. The van der Waals surface area contributed by atoms with Crippen molar-refractivity contribution >= 4 is 33.0 Å². The molecule has 1 aromatic heterocycles. The number of benzene rings is 1. The highest BCUT2D eigenvalue weighted by molar-refractivity contribution is 7.92. The van der Waals surface area contributed by atoms with Gasteiger partial charge in [-0.1, -0.05) is 18.5 Å². The number of carbonyl (C=O) groups excluding carboxylic acids is 1. The summed E-state index contributed by atoms with van der Waals surface area (Å²) in [5, 5.41) is 2.73. The second-order valence-electron chi connectivity index (χ2n) is 5.11. The van der Waals surface area contributed by atoms with Crippen LogP contribution in [-0.4, -0.2) is 24.6 Å². The van der Waals surface area contributed by atoms with E-state index >= 15 is 0 Å². The second kappa shape index (κ2) is 7.10. The second-order valence-corrected chi connectivity index (χ2v) is 7.86. The number of amides is 1. The summed E-state index contributed by atoms with van der Waals surface area (Å²) < 4.78 is 24.4. The summed E-state index contributed by atoms with van der Waals surface area (Å²) in [7, 11) is -3.45. The van der Waals surface area contributed by atoms with Crippen molar-refractivity contribution in [2.24, 2.45) is 0 Å². The number of carbonyl (C=O) groups is 1. The molecule has 0 aliphatic rings. The van der Waals surface area contributed by atoms with E-state index in [-0.39, 0.29) is 16.5 Å². The topological polar surface area (TPSA) is 76.1 Å². The van der Waals surface area contributed by atoms with E-state index in [9.17, 15) is 13.2 Å². The molecule has 0 saturated carbocycles. The number of aromatic nitrogens is 1. The predicted molar refractivity (Wildman–Crippen MR) is 90.6 cm³/mol. The van der Waals surface area contributed by atoms with Gasteiger partial charge in [-0.3, -0.25) is 4.79 Å². The summed E-state index contributed by atoms with van der Waals surface area (Å²) in [6, 6.07) is 9.49. The first-order chi connectivity index (χ1) is 10.8. The van der Waals surface area contributed by atoms with Crippen LogP contribution in [0.25, 0.3) is 0 Å². The molecule has 2 rings (SSSR count). The fraction of sp³-hybridized carbons (Fsp3) is 0.250. The Morgan fingerprint density at radius 2 is 1.87 bits per heavy atom. The van der Waals surface area contributed by atoms with E-state index < -0.39 is 15.1 Å². The molecule has 23 heavy (non-hydrogen) atoms. The smallest absolute Gasteiger partial charge is 0.257 e. The molecule has 2 aromatic rings. The maximum atomic E-state index is 12.2. The summed E-state index contributed by atoms with van der Waals surface area (Å²) in [6.45, 7) is 3.44. The zero-order valence-electron chi connectivity index (χ0n) is 12.8. The molecule has 122 valence electrons. The quantitative estimate of drug-likeness (QED) is 0.892. The van der Waals surface area contributed by atoms with Crippen LogP contribution in [0.15, 0.2) is 47.6 Å². The van der Waals surface area contributed by atoms with Crippen molar-refractivity contribution in [3.05, 3.63) is 53.2 Å². The van der Waals surface area contributed by atoms with Gasteiger partial charge in [0.15, 0.2) is 14.9 Å². The van der Waals surface area contributed by atoms with Gasteiger partial charge in [-0.2, -0.15) is 0 Å². The van der Waals surface area contributed by atoms with Gasteiger partial charge in [0.25, 0.3) is 5.91 Å². The summed E-state index contributed by atoms with van der Waals surface area (Å²) >= 11 is 5.78. The van der Waals surface area contributed by atoms with Crippen LogP contribution >= 0.6 is 11.6 Å². The van der Waals surface area contributed by atoms with Crippen LogP contribution < -0.4 is 5.32 Å². The van der Waals surface area contributed by atoms with Gasteiger partial charge in [-0.25, -0.2) is 13.4 Å². The van der Waals surface area contributed by atoms with E-state index in [1.54, 1.807) is 38.1 Å². The maximum Gasteiger partial charge on any atom is 0.257 e. The Morgan fingerprint density at radius 3 is 2.39 bits per heavy atom. The lowest BCUT2D eigenvalue weighted by atomic mass is 10.2. The maximum absolute atomic E-state index is 12.2. The van der Waals surface area contributed by atoms with Crippen molar-refractivity contribution in [1.82, 2.24) is 4.98 Å². The number of nitrogens with zero attached hydrogens (tertiary/aromatic N) is 1. The predicted octanol–water partition coefficient (Wildman–Crippen LogP) is 3.56. The van der Waals surface area contributed by atoms with Gasteiger partial charge in [0, 0.05) is 16.9 Å². The molecule has 0 saturated heterocycles. The van der Waals surface area contributed by atoms with Crippen LogP contribution in [0.5, 0.6) is 0 Å². The fourth-order valence-corrected chi connectivity index (χ4v) is 3.28. The number of pyridine rings is 1. The molecule has 5 nitrogen and oxygen atoms in total. The summed E-state index contributed by atoms with van der Waals surface area (Å²) in [4.78, 5) is 16.0. The van der Waals surface area contributed by atoms with Crippen LogP contribution in [-0.2, 0) is 9.84 Å². The van der Waals surface area contributed by atoms with Crippen LogP contribution in [0.2, 0.25) is 5.02 Å². The Morgan fingerprint density at radius 1 is 1.22 bits per heavy atom. The van der Waals surface area contributed by atoms with Gasteiger partial charge in [-0.15, -0.1) is 0 Å². The highest BCUT2D eigenvalue weighted by atomic mass is 35.5. The number of anilines is 1. The Labute approximate surface area is 140 Å². The largest absolute Gasteiger partial charge is 0.322 e. The van der Waals surface area contributed by atoms with Gasteiger partial charge in [0.05, 0.1) is 10.8 Å². The Balaban J connectivity index is 2.16. The van der Waals surface area contributed by atoms with E-state index in [0.29, 0.717) is 17.1 Å². The molecule has 0 aliphatic heterocycles. The van der Waals surface area contributed by atoms with Crippen molar-refractivity contribution in [2.45, 2.75) is 30.5 Å². The molecule has 0 radical (unpaired) electrons. The summed E-state index contributed by atoms with van der Waals surface area (Å²) in [6.07, 6.45) is 1.77. The van der Waals surface area contributed by atoms with Crippen molar-refractivity contribution in [1.29, 1.82) is 0 Å². The van der Waals surface area contributed by atoms with Gasteiger partial charge >= 0.3 is 0 Å². The lowest BCUT2D eigenvalue weighted by molar-refractivity contribution is 0.102. The first-order valence-corrected chi connectivity index (χ1v) is 9.04. The van der Waals surface area contributed by atoms with Crippen molar-refractivity contribution in [2.75, 3.05) is 5.32 Å². The Hall–Kier alpha value is -1.92. The minimum atomic E-state index is -3.45. The molecule has 0 fully saturated rings. The molecular formula is C16H17ClN2O3S. The van der Waals surface area contributed by atoms with Crippen LogP contribution in [0.4, 0.5) is 5.69 Å². The van der Waals surface area contributed by atoms with Crippen molar-refractivity contribution < 1.29 is 13.2 Å². The lowest BCUT2D eigenvalue weighted by Gasteiger charge is -2.10. The van der Waals surface area contributed by atoms with E-state index in [4.69, 9.17) is 11.6 Å². The van der Waals surface area contributed by atoms with Crippen LogP contribution in [0.3, 0.4) is 0 Å². The minimum absolute atomic E-state index is 0.0186. The SMILES string of the molecule is CC[C@@H](C)S(=O)(=O)c1ccc(C(=O)Nc2ccc(Cl)cc2)cn1. The molecule has 0 bridgehead atoms. The third-order valence-corrected chi connectivity index (χ3v) is 5.97. The number of halogens is 1. The first kappa shape index (κ1) is 17.4. The lowest BCUT2D eigenvalue weighted by Crippen LogP contribution is -2.19. The van der Waals surface area contributed by atoms with E-state index in [1.165, 1.54) is 18.3 Å². The highest BCUT2D eigenvalue weighted by Gasteiger charge is 2.23. The minimum Gasteiger partial charge on any atom is -0.322 e. The van der Waals surface area contributed by atoms with Gasteiger partial charge < -0.3 is 5.32 Å². The molecule has 0 aliphatic carbocycles. The molecule has 1 amide bonds. The van der Waals surface area contributed by atoms with Gasteiger partial charge in [0.2, 0.25) is 0 Å². The zero-order valence-corrected chi connectivity index (χ0v) is 14.4. The Bertz CT molecular complexity index is 787. The van der Waals surface area contributed by atoms with Crippen LogP contribution in [0, 0.1) is 0 Å². The van der Waals surface area contributed by atoms with E-state index in [0.717, 1.165) is 0 Å². The molecule has 0 spiro atoms. The highest BCUT2D eigenvalue weighted by Crippen LogP contribution is 2.17. The number of sulfone groups is 1. The van der Waals surface area contributed by atoms with Gasteiger partial charge in [-0.05, 0) is 49.7 Å². The molecule has 0 unspecified atom stereocenters. The molecule has 1 heterocycles. The molecule has 1 aromatic carbocycles. The average molecular weight is 353 g/mol. The zero-order chi connectivity index (χ0) is 17.0. The standard InChI is InChI=1S/C16H17ClN2O3S/c1-3-11(2)23(21,22)15-9-4-12(10-18-15)16(20)19-14-7-5-13(17)6-8-14/h4-11H,3H2,1-2H3,(H,19,20)/t11-/m1/s1. The Kier molecular flexibility index (Phi) is 5.38. The van der Waals surface area contributed by atoms with E-state index in [1.807, 2.05) is 0 Å². The molecular weight excluding hydrogens is 336 g/mol. The monoisotopic (exact) mass is 352 g/mol. The fourth-order valence-electron chi connectivity index (χ4n) is 1.84. The van der Waals surface area contributed by atoms with Crippen molar-refractivity contribution in [3.8, 4) is 0 Å². The molecule has 1 atom stereocenters. The van der Waals surface area contributed by atoms with Gasteiger partial charge in [0.1, 0.15) is 0 Å². The van der Waals surface area contributed by atoms with Crippen LogP contribution in [0.1, 0.15) is 30.6 Å². The number of nitrogens with one attached hydrogen (secondary N) is 1. The normalized spacial score (nSPS) is 12.7. The third-order valence-electron chi connectivity index (χ3n) is 3.50. The summed E-state index contributed by atoms with van der Waals surface area (Å²) in [5.74, 6) is -0.368. The first-order valence-electron chi connectivity index (χ1n) is 7.11. The van der Waals surface area contributed by atoms with E-state index in [2.05, 4.69) is 10.3 Å². The number of hydrogen-bond acceptors (Lipinski definition) is 4. The molecule has 1 N–H and O–H groups in total. The summed E-state index contributed by atoms with van der Waals surface area (Å²) in [5.41, 5.74) is 0.874.